The first-order valence-electron chi connectivity index (χ1n) is 7.09. The molecular weight excluding hydrogens is 400 g/mol. The van der Waals surface area contributed by atoms with Crippen LogP contribution in [0, 0.1) is 5.82 Å². The molecule has 0 saturated heterocycles. The largest absolute Gasteiger partial charge is 0.467 e. The Morgan fingerprint density at radius 2 is 2.18 bits per heavy atom. The molecule has 124 valence electrons. The van der Waals surface area contributed by atoms with Crippen molar-refractivity contribution in [3.05, 3.63) is 29.1 Å². The molecule has 5 nitrogen and oxygen atoms in total. The van der Waals surface area contributed by atoms with Crippen LogP contribution < -0.4 is 15.4 Å². The van der Waals surface area contributed by atoms with Gasteiger partial charge in [-0.3, -0.25) is 4.99 Å². The van der Waals surface area contributed by atoms with E-state index in [0.29, 0.717) is 25.6 Å². The minimum absolute atomic E-state index is 0. The minimum atomic E-state index is -0.262. The molecule has 22 heavy (non-hydrogen) atoms. The van der Waals surface area contributed by atoms with Crippen molar-refractivity contribution in [2.75, 3.05) is 20.4 Å². The van der Waals surface area contributed by atoms with Gasteiger partial charge in [0.25, 0.3) is 0 Å². The summed E-state index contributed by atoms with van der Waals surface area (Å²) in [6.45, 7) is 5.35. The van der Waals surface area contributed by atoms with Gasteiger partial charge in [0, 0.05) is 25.2 Å². The predicted octanol–water partition coefficient (Wildman–Crippen LogP) is 2.43. The summed E-state index contributed by atoms with van der Waals surface area (Å²) in [5, 5.41) is 6.41. The lowest BCUT2D eigenvalue weighted by Gasteiger charge is -2.21. The summed E-state index contributed by atoms with van der Waals surface area (Å²) in [5.74, 6) is 1.22. The van der Waals surface area contributed by atoms with Gasteiger partial charge in [-0.2, -0.15) is 0 Å². The van der Waals surface area contributed by atoms with E-state index in [1.54, 1.807) is 7.05 Å². The normalized spacial score (nSPS) is 14.0. The third kappa shape index (κ3) is 5.28. The van der Waals surface area contributed by atoms with Crippen LogP contribution in [0.15, 0.2) is 17.1 Å². The summed E-state index contributed by atoms with van der Waals surface area (Å²) < 4.78 is 24.3. The first-order valence-corrected chi connectivity index (χ1v) is 7.09. The van der Waals surface area contributed by atoms with Crippen LogP contribution in [0.1, 0.15) is 25.0 Å². The van der Waals surface area contributed by atoms with E-state index in [0.717, 1.165) is 22.8 Å². The van der Waals surface area contributed by atoms with Crippen molar-refractivity contribution in [3.63, 3.8) is 0 Å². The molecule has 1 aromatic rings. The molecule has 1 aliphatic heterocycles. The SMILES string of the molecule is CN=C(NCCc1cc(F)cc2c1OCOC2)NC(C)C.I. The lowest BCUT2D eigenvalue weighted by Crippen LogP contribution is -2.41. The molecule has 0 fully saturated rings. The Kier molecular flexibility index (Phi) is 7.88. The molecule has 0 spiro atoms. The summed E-state index contributed by atoms with van der Waals surface area (Å²) >= 11 is 0. The first kappa shape index (κ1) is 19.0. The summed E-state index contributed by atoms with van der Waals surface area (Å²) in [6, 6.07) is 3.29. The quantitative estimate of drug-likeness (QED) is 0.444. The Morgan fingerprint density at radius 3 is 2.86 bits per heavy atom. The number of hydrogen-bond donors (Lipinski definition) is 2. The van der Waals surface area contributed by atoms with E-state index in [2.05, 4.69) is 15.6 Å². The summed E-state index contributed by atoms with van der Waals surface area (Å²) in [7, 11) is 1.72. The zero-order chi connectivity index (χ0) is 15.2. The van der Waals surface area contributed by atoms with E-state index in [-0.39, 0.29) is 36.6 Å². The van der Waals surface area contributed by atoms with Crippen molar-refractivity contribution in [3.8, 4) is 5.75 Å². The van der Waals surface area contributed by atoms with Crippen LogP contribution in [0.25, 0.3) is 0 Å². The van der Waals surface area contributed by atoms with Gasteiger partial charge in [0.1, 0.15) is 11.6 Å². The van der Waals surface area contributed by atoms with Crippen molar-refractivity contribution < 1.29 is 13.9 Å². The van der Waals surface area contributed by atoms with Gasteiger partial charge < -0.3 is 20.1 Å². The number of rotatable bonds is 4. The summed E-state index contributed by atoms with van der Waals surface area (Å²) in [4.78, 5) is 4.13. The van der Waals surface area contributed by atoms with Gasteiger partial charge in [-0.05, 0) is 38.0 Å². The number of hydrogen-bond acceptors (Lipinski definition) is 3. The van der Waals surface area contributed by atoms with Crippen LogP contribution in [0.2, 0.25) is 0 Å². The number of guanidine groups is 1. The third-order valence-corrected chi connectivity index (χ3v) is 3.09. The van der Waals surface area contributed by atoms with E-state index in [1.165, 1.54) is 12.1 Å². The van der Waals surface area contributed by atoms with Crippen molar-refractivity contribution in [1.82, 2.24) is 10.6 Å². The third-order valence-electron chi connectivity index (χ3n) is 3.09. The van der Waals surface area contributed by atoms with Crippen LogP contribution in [0.4, 0.5) is 4.39 Å². The molecule has 7 heteroatoms. The molecule has 0 amide bonds. The molecule has 0 aromatic heterocycles. The van der Waals surface area contributed by atoms with E-state index >= 15 is 0 Å². The highest BCUT2D eigenvalue weighted by Crippen LogP contribution is 2.29. The Hall–Kier alpha value is -1.09. The molecule has 1 aliphatic rings. The number of nitrogens with zero attached hydrogens (tertiary/aromatic N) is 1. The van der Waals surface area contributed by atoms with E-state index in [9.17, 15) is 4.39 Å². The number of halogens is 2. The van der Waals surface area contributed by atoms with Gasteiger partial charge in [0.2, 0.25) is 0 Å². The number of benzene rings is 1. The van der Waals surface area contributed by atoms with Crippen molar-refractivity contribution in [2.24, 2.45) is 4.99 Å². The Labute approximate surface area is 147 Å². The van der Waals surface area contributed by atoms with Crippen molar-refractivity contribution in [1.29, 1.82) is 0 Å². The monoisotopic (exact) mass is 423 g/mol. The molecule has 1 heterocycles. The van der Waals surface area contributed by atoms with Crippen LogP contribution in [-0.4, -0.2) is 32.4 Å². The van der Waals surface area contributed by atoms with Crippen molar-refractivity contribution >= 4 is 29.9 Å². The van der Waals surface area contributed by atoms with Crippen molar-refractivity contribution in [2.45, 2.75) is 32.9 Å². The maximum absolute atomic E-state index is 13.6. The molecule has 0 aliphatic carbocycles. The molecule has 2 rings (SSSR count). The second-order valence-electron chi connectivity index (χ2n) is 5.21. The highest BCUT2D eigenvalue weighted by atomic mass is 127. The van der Waals surface area contributed by atoms with Gasteiger partial charge in [0.05, 0.1) is 6.61 Å². The zero-order valence-electron chi connectivity index (χ0n) is 13.1. The molecule has 0 bridgehead atoms. The van der Waals surface area contributed by atoms with Gasteiger partial charge in [-0.1, -0.05) is 0 Å². The van der Waals surface area contributed by atoms with E-state index in [4.69, 9.17) is 9.47 Å². The molecule has 0 unspecified atom stereocenters. The predicted molar refractivity (Wildman–Crippen MR) is 95.4 cm³/mol. The summed E-state index contributed by atoms with van der Waals surface area (Å²) in [6.07, 6.45) is 0.652. The zero-order valence-corrected chi connectivity index (χ0v) is 15.4. The maximum atomic E-state index is 13.6. The smallest absolute Gasteiger partial charge is 0.191 e. The standard InChI is InChI=1S/C15H22FN3O2.HI/c1-10(2)19-15(17-3)18-5-4-11-6-13(16)7-12-8-20-9-21-14(11)12;/h6-7,10H,4-5,8-9H2,1-3H3,(H2,17,18,19);1H. The Morgan fingerprint density at radius 1 is 1.41 bits per heavy atom. The van der Waals surface area contributed by atoms with Gasteiger partial charge in [-0.25, -0.2) is 4.39 Å². The minimum Gasteiger partial charge on any atom is -0.467 e. The van der Waals surface area contributed by atoms with Crippen LogP contribution in [-0.2, 0) is 17.8 Å². The fourth-order valence-electron chi connectivity index (χ4n) is 2.23. The highest BCUT2D eigenvalue weighted by molar-refractivity contribution is 14.0. The van der Waals surface area contributed by atoms with Crippen LogP contribution in [0.3, 0.4) is 0 Å². The highest BCUT2D eigenvalue weighted by Gasteiger charge is 2.16. The van der Waals surface area contributed by atoms with Gasteiger partial charge >= 0.3 is 0 Å². The fraction of sp³-hybridized carbons (Fsp3) is 0.533. The second-order valence-corrected chi connectivity index (χ2v) is 5.21. The molecule has 2 N–H and O–H groups in total. The van der Waals surface area contributed by atoms with Crippen LogP contribution in [0.5, 0.6) is 5.75 Å². The number of aliphatic imine (C=N–C) groups is 1. The first-order chi connectivity index (χ1) is 10.1. The Bertz CT molecular complexity index is 524. The second kappa shape index (κ2) is 9.14. The van der Waals surface area contributed by atoms with Crippen LogP contribution >= 0.6 is 24.0 Å². The lowest BCUT2D eigenvalue weighted by atomic mass is 10.1. The number of ether oxygens (including phenoxy) is 2. The number of fused-ring (bicyclic) bond motifs is 1. The average molecular weight is 423 g/mol. The molecule has 0 atom stereocenters. The maximum Gasteiger partial charge on any atom is 0.191 e. The fourth-order valence-corrected chi connectivity index (χ4v) is 2.23. The Balaban J connectivity index is 0.00000242. The van der Waals surface area contributed by atoms with Gasteiger partial charge in [0.15, 0.2) is 12.8 Å². The average Bonchev–Trinajstić information content (AvgIpc) is 2.45. The molecule has 1 aromatic carbocycles. The molecular formula is C15H23FIN3O2. The lowest BCUT2D eigenvalue weighted by molar-refractivity contribution is -0.0172. The molecule has 0 saturated carbocycles. The topological polar surface area (TPSA) is 54.9 Å². The van der Waals surface area contributed by atoms with E-state index in [1.807, 2.05) is 13.8 Å². The van der Waals surface area contributed by atoms with E-state index < -0.39 is 0 Å². The number of nitrogens with one attached hydrogen (secondary N) is 2. The van der Waals surface area contributed by atoms with Gasteiger partial charge in [-0.15, -0.1) is 24.0 Å². The molecule has 0 radical (unpaired) electrons. The summed E-state index contributed by atoms with van der Waals surface area (Å²) in [5.41, 5.74) is 1.61.